The van der Waals surface area contributed by atoms with Gasteiger partial charge in [-0.05, 0) is 37.1 Å². The Morgan fingerprint density at radius 1 is 0.774 bits per heavy atom. The van der Waals surface area contributed by atoms with E-state index < -0.39 is 18.0 Å². The number of hydrogen-bond donors (Lipinski definition) is 0. The lowest BCUT2D eigenvalue weighted by Crippen LogP contribution is -2.33. The second kappa shape index (κ2) is 11.9. The van der Waals surface area contributed by atoms with Crippen LogP contribution in [0, 0.1) is 5.92 Å². The maximum Gasteiger partial charge on any atom is 0.373 e. The van der Waals surface area contributed by atoms with Gasteiger partial charge in [0, 0.05) is 0 Å². The van der Waals surface area contributed by atoms with Crippen LogP contribution in [0.1, 0.15) is 52.8 Å². The maximum absolute atomic E-state index is 12.5. The van der Waals surface area contributed by atoms with Gasteiger partial charge in [0.05, 0.1) is 17.0 Å². The number of carbonyl (C=O) groups is 3. The lowest BCUT2D eigenvalue weighted by molar-refractivity contribution is -0.258. The first kappa shape index (κ1) is 22.5. The summed E-state index contributed by atoms with van der Waals surface area (Å²) in [6, 6.07) is 16.9. The minimum absolute atomic E-state index is 0.173. The summed E-state index contributed by atoms with van der Waals surface area (Å²) in [6.45, 7) is -0.464. The van der Waals surface area contributed by atoms with E-state index in [0.717, 1.165) is 32.1 Å². The van der Waals surface area contributed by atoms with Crippen molar-refractivity contribution in [2.75, 3.05) is 13.2 Å². The van der Waals surface area contributed by atoms with Gasteiger partial charge >= 0.3 is 17.9 Å². The third kappa shape index (κ3) is 7.22. The van der Waals surface area contributed by atoms with Crippen molar-refractivity contribution in [3.8, 4) is 0 Å². The Bertz CT molecular complexity index is 845. The van der Waals surface area contributed by atoms with Crippen molar-refractivity contribution < 1.29 is 33.6 Å². The normalized spacial score (nSPS) is 15.0. The van der Waals surface area contributed by atoms with E-state index in [1.807, 2.05) is 0 Å². The Labute approximate surface area is 181 Å². The highest BCUT2D eigenvalue weighted by atomic mass is 17.2. The van der Waals surface area contributed by atoms with E-state index in [4.69, 9.17) is 19.2 Å². The zero-order chi connectivity index (χ0) is 21.9. The van der Waals surface area contributed by atoms with Gasteiger partial charge in [0.1, 0.15) is 13.2 Å². The molecule has 1 unspecified atom stereocenters. The van der Waals surface area contributed by atoms with Crippen molar-refractivity contribution in [2.45, 2.75) is 38.2 Å². The van der Waals surface area contributed by atoms with Gasteiger partial charge in [0.15, 0.2) is 6.10 Å². The van der Waals surface area contributed by atoms with Gasteiger partial charge in [-0.3, -0.25) is 9.68 Å². The zero-order valence-electron chi connectivity index (χ0n) is 17.2. The van der Waals surface area contributed by atoms with E-state index >= 15 is 0 Å². The summed E-state index contributed by atoms with van der Waals surface area (Å²) in [4.78, 5) is 46.6. The summed E-state index contributed by atoms with van der Waals surface area (Å²) in [5, 5.41) is 0. The molecule has 1 aliphatic rings. The summed E-state index contributed by atoms with van der Waals surface area (Å²) in [6.07, 6.45) is 3.74. The lowest BCUT2D eigenvalue weighted by Gasteiger charge is -2.23. The van der Waals surface area contributed by atoms with E-state index in [2.05, 4.69) is 0 Å². The molecule has 0 heterocycles. The average molecular weight is 426 g/mol. The molecule has 2 aromatic rings. The van der Waals surface area contributed by atoms with E-state index in [1.165, 1.54) is 0 Å². The van der Waals surface area contributed by atoms with Crippen LogP contribution in [-0.2, 0) is 24.0 Å². The van der Waals surface area contributed by atoms with Crippen LogP contribution in [0.4, 0.5) is 0 Å². The first-order valence-corrected chi connectivity index (χ1v) is 10.4. The largest absolute Gasteiger partial charge is 0.458 e. The van der Waals surface area contributed by atoms with Crippen LogP contribution >= 0.6 is 0 Å². The Morgan fingerprint density at radius 3 is 1.97 bits per heavy atom. The van der Waals surface area contributed by atoms with Gasteiger partial charge in [-0.25, -0.2) is 9.59 Å². The van der Waals surface area contributed by atoms with Crippen LogP contribution in [-0.4, -0.2) is 37.2 Å². The van der Waals surface area contributed by atoms with Crippen molar-refractivity contribution in [1.82, 2.24) is 0 Å². The molecule has 0 saturated heterocycles. The molecular formula is C24H26O7. The fourth-order valence-corrected chi connectivity index (χ4v) is 3.33. The van der Waals surface area contributed by atoms with Crippen molar-refractivity contribution in [3.63, 3.8) is 0 Å². The van der Waals surface area contributed by atoms with Crippen LogP contribution < -0.4 is 0 Å². The standard InChI is InChI=1S/C24H26O7/c25-22(18-10-4-1-5-11-18)28-16-21(30-23(26)19-12-6-2-7-13-19)17-29-31-24(27)20-14-8-3-9-15-20/h1,3-5,8-11,14-15,19,21H,2,6-7,12-13,16-17H2. The third-order valence-electron chi connectivity index (χ3n) is 5.03. The molecule has 7 heteroatoms. The Morgan fingerprint density at radius 2 is 1.35 bits per heavy atom. The van der Waals surface area contributed by atoms with Crippen LogP contribution in [0.25, 0.3) is 0 Å². The van der Waals surface area contributed by atoms with Crippen LogP contribution in [0.3, 0.4) is 0 Å². The van der Waals surface area contributed by atoms with Crippen molar-refractivity contribution >= 4 is 17.9 Å². The fourth-order valence-electron chi connectivity index (χ4n) is 3.33. The fraction of sp³-hybridized carbons (Fsp3) is 0.375. The highest BCUT2D eigenvalue weighted by molar-refractivity contribution is 5.89. The second-order valence-corrected chi connectivity index (χ2v) is 7.38. The number of hydrogen-bond acceptors (Lipinski definition) is 7. The molecule has 31 heavy (non-hydrogen) atoms. The lowest BCUT2D eigenvalue weighted by atomic mass is 9.89. The quantitative estimate of drug-likeness (QED) is 0.338. The first-order valence-electron chi connectivity index (χ1n) is 10.4. The van der Waals surface area contributed by atoms with Crippen LogP contribution in [0.2, 0.25) is 0 Å². The molecule has 7 nitrogen and oxygen atoms in total. The molecular weight excluding hydrogens is 400 g/mol. The zero-order valence-corrected chi connectivity index (χ0v) is 17.2. The number of rotatable bonds is 9. The predicted molar refractivity (Wildman–Crippen MR) is 111 cm³/mol. The first-order chi connectivity index (χ1) is 15.1. The summed E-state index contributed by atoms with van der Waals surface area (Å²) < 4.78 is 10.8. The van der Waals surface area contributed by atoms with Gasteiger partial charge in [0.2, 0.25) is 0 Å². The summed E-state index contributed by atoms with van der Waals surface area (Å²) in [5.74, 6) is -1.73. The SMILES string of the molecule is O=C(OCC(COOC(=O)c1ccccc1)OC(=O)C1CCCCC1)c1ccccc1. The van der Waals surface area contributed by atoms with E-state index in [0.29, 0.717) is 11.1 Å². The highest BCUT2D eigenvalue weighted by Crippen LogP contribution is 2.25. The topological polar surface area (TPSA) is 88.1 Å². The Kier molecular flexibility index (Phi) is 8.60. The molecule has 0 amide bonds. The number of carbonyl (C=O) groups excluding carboxylic acids is 3. The van der Waals surface area contributed by atoms with Gasteiger partial charge in [-0.1, -0.05) is 55.7 Å². The van der Waals surface area contributed by atoms with Gasteiger partial charge < -0.3 is 9.47 Å². The summed E-state index contributed by atoms with van der Waals surface area (Å²) in [5.41, 5.74) is 0.713. The van der Waals surface area contributed by atoms with Crippen molar-refractivity contribution in [2.24, 2.45) is 5.92 Å². The summed E-state index contributed by atoms with van der Waals surface area (Å²) in [7, 11) is 0. The molecule has 1 fully saturated rings. The van der Waals surface area contributed by atoms with Crippen LogP contribution in [0.5, 0.6) is 0 Å². The molecule has 2 aromatic carbocycles. The molecule has 0 N–H and O–H groups in total. The minimum atomic E-state index is -0.898. The molecule has 1 aliphatic carbocycles. The molecule has 1 saturated carbocycles. The highest BCUT2D eigenvalue weighted by Gasteiger charge is 2.27. The van der Waals surface area contributed by atoms with E-state index in [-0.39, 0.29) is 25.1 Å². The second-order valence-electron chi connectivity index (χ2n) is 7.38. The molecule has 0 aromatic heterocycles. The molecule has 0 spiro atoms. The molecule has 164 valence electrons. The number of benzene rings is 2. The maximum atomic E-state index is 12.5. The monoisotopic (exact) mass is 426 g/mol. The molecule has 0 radical (unpaired) electrons. The number of esters is 2. The predicted octanol–water partition coefficient (Wildman–Crippen LogP) is 4.12. The van der Waals surface area contributed by atoms with E-state index in [1.54, 1.807) is 60.7 Å². The molecule has 0 aliphatic heterocycles. The molecule has 1 atom stereocenters. The van der Waals surface area contributed by atoms with E-state index in [9.17, 15) is 14.4 Å². The summed E-state index contributed by atoms with van der Waals surface area (Å²) >= 11 is 0. The van der Waals surface area contributed by atoms with Crippen LogP contribution in [0.15, 0.2) is 60.7 Å². The van der Waals surface area contributed by atoms with Gasteiger partial charge in [-0.2, -0.15) is 4.89 Å². The molecule has 0 bridgehead atoms. The van der Waals surface area contributed by atoms with Gasteiger partial charge in [-0.15, -0.1) is 0 Å². The minimum Gasteiger partial charge on any atom is -0.458 e. The Balaban J connectivity index is 1.54. The Hall–Kier alpha value is -3.19. The van der Waals surface area contributed by atoms with Crippen molar-refractivity contribution in [1.29, 1.82) is 0 Å². The molecule has 3 rings (SSSR count). The van der Waals surface area contributed by atoms with Gasteiger partial charge in [0.25, 0.3) is 0 Å². The number of ether oxygens (including phenoxy) is 2. The smallest absolute Gasteiger partial charge is 0.373 e. The third-order valence-corrected chi connectivity index (χ3v) is 5.03. The van der Waals surface area contributed by atoms with Crippen molar-refractivity contribution in [3.05, 3.63) is 71.8 Å². The average Bonchev–Trinajstić information content (AvgIpc) is 2.83.